The molecule has 1 unspecified atom stereocenters. The van der Waals surface area contributed by atoms with E-state index in [9.17, 15) is 27.5 Å². The van der Waals surface area contributed by atoms with Gasteiger partial charge in [-0.25, -0.2) is 4.39 Å². The average molecular weight is 381 g/mol. The van der Waals surface area contributed by atoms with Gasteiger partial charge in [0.1, 0.15) is 5.82 Å². The van der Waals surface area contributed by atoms with Crippen molar-refractivity contribution in [3.8, 4) is 6.07 Å². The summed E-state index contributed by atoms with van der Waals surface area (Å²) in [5, 5.41) is 24.0. The second-order valence-corrected chi connectivity index (χ2v) is 5.96. The highest BCUT2D eigenvalue weighted by atomic mass is 19.4. The number of benzene rings is 2. The fourth-order valence-corrected chi connectivity index (χ4v) is 2.14. The molecule has 3 N–H and O–H groups in total. The predicted octanol–water partition coefficient (Wildman–Crippen LogP) is 3.52. The van der Waals surface area contributed by atoms with E-state index < -0.39 is 34.6 Å². The van der Waals surface area contributed by atoms with E-state index in [1.807, 2.05) is 0 Å². The van der Waals surface area contributed by atoms with Gasteiger partial charge in [0.25, 0.3) is 5.91 Å². The van der Waals surface area contributed by atoms with Crippen LogP contribution in [-0.2, 0) is 11.0 Å². The van der Waals surface area contributed by atoms with Crippen molar-refractivity contribution in [3.63, 3.8) is 0 Å². The Kier molecular flexibility index (Phi) is 5.71. The Morgan fingerprint density at radius 3 is 2.30 bits per heavy atom. The van der Waals surface area contributed by atoms with Crippen LogP contribution in [0.25, 0.3) is 0 Å². The Hall–Kier alpha value is -3.12. The Bertz CT molecular complexity index is 872. The van der Waals surface area contributed by atoms with Crippen LogP contribution in [0.15, 0.2) is 42.5 Å². The summed E-state index contributed by atoms with van der Waals surface area (Å²) in [4.78, 5) is 12.2. The minimum Gasteiger partial charge on any atom is -0.382 e. The minimum absolute atomic E-state index is 0.214. The Morgan fingerprint density at radius 1 is 1.15 bits per heavy atom. The molecule has 0 aromatic heterocycles. The number of hydrogen-bond donors (Lipinski definition) is 3. The number of halogens is 4. The van der Waals surface area contributed by atoms with Crippen LogP contribution in [0.4, 0.5) is 28.9 Å². The molecule has 2 aromatic rings. The van der Waals surface area contributed by atoms with Gasteiger partial charge in [-0.3, -0.25) is 4.79 Å². The third-order valence-electron chi connectivity index (χ3n) is 3.67. The summed E-state index contributed by atoms with van der Waals surface area (Å²) in [6.07, 6.45) is -4.77. The molecule has 0 saturated carbocycles. The number of nitrogens with zero attached hydrogens (tertiary/aromatic N) is 1. The fourth-order valence-electron chi connectivity index (χ4n) is 2.14. The van der Waals surface area contributed by atoms with Crippen LogP contribution in [0.3, 0.4) is 0 Å². The van der Waals surface area contributed by atoms with Gasteiger partial charge in [-0.2, -0.15) is 18.4 Å². The quantitative estimate of drug-likeness (QED) is 0.692. The van der Waals surface area contributed by atoms with Crippen LogP contribution >= 0.6 is 0 Å². The van der Waals surface area contributed by atoms with E-state index in [2.05, 4.69) is 10.6 Å². The first-order chi connectivity index (χ1) is 12.5. The molecule has 0 aliphatic carbocycles. The van der Waals surface area contributed by atoms with Crippen molar-refractivity contribution in [2.24, 2.45) is 0 Å². The van der Waals surface area contributed by atoms with Crippen molar-refractivity contribution in [2.45, 2.75) is 18.7 Å². The van der Waals surface area contributed by atoms with Gasteiger partial charge >= 0.3 is 6.18 Å². The van der Waals surface area contributed by atoms with Crippen LogP contribution in [0.1, 0.15) is 18.1 Å². The summed E-state index contributed by atoms with van der Waals surface area (Å²) in [6, 6.07) is 9.31. The van der Waals surface area contributed by atoms with Gasteiger partial charge in [-0.05, 0) is 49.4 Å². The number of carbonyl (C=O) groups is 1. The van der Waals surface area contributed by atoms with Gasteiger partial charge in [-0.15, -0.1) is 0 Å². The molecule has 5 nitrogen and oxygen atoms in total. The smallest absolute Gasteiger partial charge is 0.382 e. The molecule has 142 valence electrons. The van der Waals surface area contributed by atoms with Gasteiger partial charge in [0, 0.05) is 11.4 Å². The van der Waals surface area contributed by atoms with E-state index in [4.69, 9.17) is 5.26 Å². The molecule has 0 saturated heterocycles. The van der Waals surface area contributed by atoms with E-state index in [0.717, 1.165) is 12.1 Å². The van der Waals surface area contributed by atoms with Gasteiger partial charge in [0.15, 0.2) is 5.60 Å². The number of hydrogen-bond acceptors (Lipinski definition) is 4. The first kappa shape index (κ1) is 20.2. The lowest BCUT2D eigenvalue weighted by Gasteiger charge is -2.23. The Balaban J connectivity index is 2.11. The fraction of sp³-hybridized carbons (Fsp3) is 0.222. The SMILES string of the molecule is CC(O)(CNc1ccc(F)cc1)C(=O)Nc1ccc(C#N)c(C(F)(F)F)c1. The van der Waals surface area contributed by atoms with Gasteiger partial charge < -0.3 is 15.7 Å². The second-order valence-electron chi connectivity index (χ2n) is 5.96. The number of anilines is 2. The molecule has 1 atom stereocenters. The van der Waals surface area contributed by atoms with Crippen molar-refractivity contribution in [1.29, 1.82) is 5.26 Å². The summed E-state index contributed by atoms with van der Waals surface area (Å²) in [7, 11) is 0. The number of aliphatic hydroxyl groups is 1. The summed E-state index contributed by atoms with van der Waals surface area (Å²) in [6.45, 7) is 0.903. The summed E-state index contributed by atoms with van der Waals surface area (Å²) in [5.74, 6) is -1.40. The van der Waals surface area contributed by atoms with E-state index >= 15 is 0 Å². The first-order valence-electron chi connectivity index (χ1n) is 7.67. The maximum absolute atomic E-state index is 13.0. The second kappa shape index (κ2) is 7.63. The van der Waals surface area contributed by atoms with Crippen molar-refractivity contribution < 1.29 is 27.5 Å². The number of amides is 1. The molecule has 0 aliphatic heterocycles. The lowest BCUT2D eigenvalue weighted by atomic mass is 10.0. The molecular formula is C18H15F4N3O2. The maximum atomic E-state index is 13.0. The van der Waals surface area contributed by atoms with Crippen molar-refractivity contribution >= 4 is 17.3 Å². The highest BCUT2D eigenvalue weighted by molar-refractivity contribution is 5.97. The molecule has 27 heavy (non-hydrogen) atoms. The number of nitrogens with one attached hydrogen (secondary N) is 2. The Morgan fingerprint density at radius 2 is 1.74 bits per heavy atom. The monoisotopic (exact) mass is 381 g/mol. The summed E-state index contributed by atoms with van der Waals surface area (Å²) >= 11 is 0. The molecule has 0 radical (unpaired) electrons. The van der Waals surface area contributed by atoms with Gasteiger partial charge in [0.2, 0.25) is 0 Å². The van der Waals surface area contributed by atoms with Crippen molar-refractivity contribution in [2.75, 3.05) is 17.2 Å². The third kappa shape index (κ3) is 5.18. The number of nitriles is 1. The maximum Gasteiger partial charge on any atom is 0.417 e. The van der Waals surface area contributed by atoms with E-state index in [1.165, 1.54) is 37.3 Å². The Labute approximate surface area is 152 Å². The number of carbonyl (C=O) groups excluding carboxylic acids is 1. The lowest BCUT2D eigenvalue weighted by molar-refractivity contribution is -0.137. The van der Waals surface area contributed by atoms with Gasteiger partial charge in [-0.1, -0.05) is 0 Å². The lowest BCUT2D eigenvalue weighted by Crippen LogP contribution is -2.45. The highest BCUT2D eigenvalue weighted by Crippen LogP contribution is 2.33. The summed E-state index contributed by atoms with van der Waals surface area (Å²) < 4.78 is 51.8. The van der Waals surface area contributed by atoms with Crippen LogP contribution in [0.2, 0.25) is 0 Å². The number of alkyl halides is 3. The van der Waals surface area contributed by atoms with Crippen molar-refractivity contribution in [3.05, 3.63) is 59.4 Å². The zero-order valence-corrected chi connectivity index (χ0v) is 14.1. The average Bonchev–Trinajstić information content (AvgIpc) is 2.60. The normalized spacial score (nSPS) is 13.4. The molecule has 2 aromatic carbocycles. The van der Waals surface area contributed by atoms with E-state index in [-0.39, 0.29) is 12.2 Å². The molecule has 0 spiro atoms. The zero-order chi connectivity index (χ0) is 20.2. The van der Waals surface area contributed by atoms with Gasteiger partial charge in [0.05, 0.1) is 23.7 Å². The largest absolute Gasteiger partial charge is 0.417 e. The molecule has 0 fully saturated rings. The van der Waals surface area contributed by atoms with Crippen molar-refractivity contribution in [1.82, 2.24) is 0 Å². The molecule has 0 bridgehead atoms. The topological polar surface area (TPSA) is 85.2 Å². The van der Waals surface area contributed by atoms with E-state index in [0.29, 0.717) is 11.8 Å². The molecule has 1 amide bonds. The first-order valence-corrected chi connectivity index (χ1v) is 7.67. The standard InChI is InChI=1S/C18H15F4N3O2/c1-17(27,10-24-13-6-3-12(19)4-7-13)16(26)25-14-5-2-11(9-23)15(8-14)18(20,21)22/h2-8,24,27H,10H2,1H3,(H,25,26). The molecular weight excluding hydrogens is 366 g/mol. The molecule has 0 aliphatic rings. The van der Waals surface area contributed by atoms with Crippen LogP contribution < -0.4 is 10.6 Å². The summed E-state index contributed by atoms with van der Waals surface area (Å²) in [5.41, 5.74) is -3.51. The molecule has 9 heteroatoms. The zero-order valence-electron chi connectivity index (χ0n) is 14.1. The predicted molar refractivity (Wildman–Crippen MR) is 90.3 cm³/mol. The molecule has 2 rings (SSSR count). The van der Waals surface area contributed by atoms with Crippen LogP contribution in [0.5, 0.6) is 0 Å². The number of rotatable bonds is 5. The minimum atomic E-state index is -4.77. The van der Waals surface area contributed by atoms with Crippen LogP contribution in [-0.4, -0.2) is 23.2 Å². The van der Waals surface area contributed by atoms with E-state index in [1.54, 1.807) is 0 Å². The van der Waals surface area contributed by atoms with Crippen LogP contribution in [0, 0.1) is 17.1 Å². The highest BCUT2D eigenvalue weighted by Gasteiger charge is 2.35. The molecule has 0 heterocycles. The third-order valence-corrected chi connectivity index (χ3v) is 3.67.